The summed E-state index contributed by atoms with van der Waals surface area (Å²) < 4.78 is 5.10. The van der Waals surface area contributed by atoms with Crippen molar-refractivity contribution in [3.05, 3.63) is 0 Å². The van der Waals surface area contributed by atoms with Gasteiger partial charge in [0.05, 0.1) is 11.7 Å². The monoisotopic (exact) mass is 86.1 g/mol. The third kappa shape index (κ3) is 0.432. The molecule has 0 spiro atoms. The van der Waals surface area contributed by atoms with E-state index in [-0.39, 0.29) is 5.60 Å². The van der Waals surface area contributed by atoms with Crippen LogP contribution >= 0.6 is 0 Å². The average molecular weight is 86.1 g/mol. The third-order valence-electron chi connectivity index (χ3n) is 1.40. The SMILES string of the molecule is C[C@H]1OC1(C)C. The lowest BCUT2D eigenvalue weighted by atomic mass is 10.2. The molecule has 0 aromatic heterocycles. The Hall–Kier alpha value is -0.0400. The lowest BCUT2D eigenvalue weighted by Crippen LogP contribution is -1.97. The number of ether oxygens (including phenoxy) is 1. The van der Waals surface area contributed by atoms with E-state index < -0.39 is 0 Å². The minimum Gasteiger partial charge on any atom is -0.367 e. The first-order valence-corrected chi connectivity index (χ1v) is 2.31. The van der Waals surface area contributed by atoms with Crippen LogP contribution in [0, 0.1) is 0 Å². The largest absolute Gasteiger partial charge is 0.367 e. The topological polar surface area (TPSA) is 12.5 Å². The van der Waals surface area contributed by atoms with Crippen LogP contribution in [0.1, 0.15) is 20.8 Å². The highest BCUT2D eigenvalue weighted by molar-refractivity contribution is 4.90. The second kappa shape index (κ2) is 0.784. The second-order valence-corrected chi connectivity index (χ2v) is 2.36. The van der Waals surface area contributed by atoms with Crippen molar-refractivity contribution in [3.63, 3.8) is 0 Å². The predicted octanol–water partition coefficient (Wildman–Crippen LogP) is 1.18. The van der Waals surface area contributed by atoms with Crippen molar-refractivity contribution >= 4 is 0 Å². The number of hydrogen-bond acceptors (Lipinski definition) is 1. The quantitative estimate of drug-likeness (QED) is 0.403. The molecule has 1 rings (SSSR count). The molecule has 0 unspecified atom stereocenters. The van der Waals surface area contributed by atoms with Gasteiger partial charge in [0.25, 0.3) is 0 Å². The van der Waals surface area contributed by atoms with Gasteiger partial charge in [0, 0.05) is 0 Å². The van der Waals surface area contributed by atoms with Gasteiger partial charge < -0.3 is 4.74 Å². The van der Waals surface area contributed by atoms with Gasteiger partial charge in [0.1, 0.15) is 0 Å². The lowest BCUT2D eigenvalue weighted by molar-refractivity contribution is 0.328. The van der Waals surface area contributed by atoms with E-state index in [0.29, 0.717) is 6.10 Å². The van der Waals surface area contributed by atoms with Gasteiger partial charge in [0.2, 0.25) is 0 Å². The Morgan fingerprint density at radius 1 is 1.50 bits per heavy atom. The Bertz CT molecular complexity index is 66.3. The summed E-state index contributed by atoms with van der Waals surface area (Å²) in [6.45, 7) is 6.27. The van der Waals surface area contributed by atoms with E-state index in [1.54, 1.807) is 0 Å². The number of epoxide rings is 1. The number of rotatable bonds is 0. The Morgan fingerprint density at radius 2 is 1.67 bits per heavy atom. The van der Waals surface area contributed by atoms with Gasteiger partial charge in [-0.15, -0.1) is 0 Å². The normalized spacial score (nSPS) is 39.5. The summed E-state index contributed by atoms with van der Waals surface area (Å²) >= 11 is 0. The minimum atomic E-state index is 0.208. The Balaban J connectivity index is 2.41. The van der Waals surface area contributed by atoms with Crippen molar-refractivity contribution in [2.24, 2.45) is 0 Å². The fourth-order valence-corrected chi connectivity index (χ4v) is 0.422. The molecule has 1 aliphatic rings. The van der Waals surface area contributed by atoms with Crippen LogP contribution in [0.5, 0.6) is 0 Å². The van der Waals surface area contributed by atoms with Crippen LogP contribution in [-0.4, -0.2) is 11.7 Å². The molecule has 1 heterocycles. The molecule has 0 amide bonds. The van der Waals surface area contributed by atoms with Gasteiger partial charge >= 0.3 is 0 Å². The van der Waals surface area contributed by atoms with Crippen LogP contribution in [0.4, 0.5) is 0 Å². The fourth-order valence-electron chi connectivity index (χ4n) is 0.422. The smallest absolute Gasteiger partial charge is 0.0889 e. The van der Waals surface area contributed by atoms with Crippen molar-refractivity contribution in [1.82, 2.24) is 0 Å². The van der Waals surface area contributed by atoms with Crippen LogP contribution in [-0.2, 0) is 4.74 Å². The maximum Gasteiger partial charge on any atom is 0.0889 e. The molecule has 0 bridgehead atoms. The van der Waals surface area contributed by atoms with Crippen molar-refractivity contribution in [3.8, 4) is 0 Å². The van der Waals surface area contributed by atoms with Gasteiger partial charge in [-0.1, -0.05) is 0 Å². The van der Waals surface area contributed by atoms with Crippen molar-refractivity contribution < 1.29 is 4.74 Å². The molecule has 1 atom stereocenters. The average Bonchev–Trinajstić information content (AvgIpc) is 1.73. The Kier molecular flexibility index (Phi) is 0.539. The molecule has 1 nitrogen and oxygen atoms in total. The highest BCUT2D eigenvalue weighted by Crippen LogP contribution is 2.33. The highest BCUT2D eigenvalue weighted by atomic mass is 16.6. The molecule has 1 fully saturated rings. The van der Waals surface area contributed by atoms with E-state index >= 15 is 0 Å². The van der Waals surface area contributed by atoms with Crippen LogP contribution in [0.25, 0.3) is 0 Å². The highest BCUT2D eigenvalue weighted by Gasteiger charge is 2.43. The summed E-state index contributed by atoms with van der Waals surface area (Å²) in [6.07, 6.45) is 0.498. The first-order valence-electron chi connectivity index (χ1n) is 2.31. The summed E-state index contributed by atoms with van der Waals surface area (Å²) in [4.78, 5) is 0. The molecular weight excluding hydrogens is 76.1 g/mol. The van der Waals surface area contributed by atoms with Crippen LogP contribution in [0.15, 0.2) is 0 Å². The first kappa shape index (κ1) is 4.13. The molecule has 0 saturated carbocycles. The summed E-state index contributed by atoms with van der Waals surface area (Å²) in [7, 11) is 0. The molecule has 0 aromatic rings. The van der Waals surface area contributed by atoms with Crippen LogP contribution in [0.2, 0.25) is 0 Å². The van der Waals surface area contributed by atoms with E-state index in [1.807, 2.05) is 0 Å². The molecule has 1 heteroatoms. The zero-order chi connectivity index (χ0) is 4.78. The summed E-state index contributed by atoms with van der Waals surface area (Å²) in [5.41, 5.74) is 0.208. The predicted molar refractivity (Wildman–Crippen MR) is 24.6 cm³/mol. The first-order chi connectivity index (χ1) is 2.63. The maximum atomic E-state index is 5.10. The van der Waals surface area contributed by atoms with E-state index in [2.05, 4.69) is 20.8 Å². The van der Waals surface area contributed by atoms with Gasteiger partial charge in [0.15, 0.2) is 0 Å². The van der Waals surface area contributed by atoms with E-state index in [4.69, 9.17) is 4.74 Å². The van der Waals surface area contributed by atoms with Crippen LogP contribution < -0.4 is 0 Å². The van der Waals surface area contributed by atoms with Crippen molar-refractivity contribution in [1.29, 1.82) is 0 Å². The fraction of sp³-hybridized carbons (Fsp3) is 1.00. The number of hydrogen-bond donors (Lipinski definition) is 0. The third-order valence-corrected chi connectivity index (χ3v) is 1.40. The molecule has 0 radical (unpaired) electrons. The van der Waals surface area contributed by atoms with Crippen molar-refractivity contribution in [2.75, 3.05) is 0 Å². The zero-order valence-electron chi connectivity index (χ0n) is 4.49. The summed E-state index contributed by atoms with van der Waals surface area (Å²) in [6, 6.07) is 0. The molecule has 0 aliphatic carbocycles. The zero-order valence-corrected chi connectivity index (χ0v) is 4.49. The molecule has 1 aliphatic heterocycles. The molecule has 0 aromatic carbocycles. The maximum absolute atomic E-state index is 5.10. The van der Waals surface area contributed by atoms with Gasteiger partial charge in [-0.05, 0) is 20.8 Å². The van der Waals surface area contributed by atoms with E-state index in [1.165, 1.54) is 0 Å². The standard InChI is InChI=1S/C5H10O/c1-4-5(2,3)6-4/h4H,1-3H3/t4-/m1/s1. The Labute approximate surface area is 38.3 Å². The van der Waals surface area contributed by atoms with E-state index in [9.17, 15) is 0 Å². The summed E-state index contributed by atoms with van der Waals surface area (Å²) in [5.74, 6) is 0. The second-order valence-electron chi connectivity index (χ2n) is 2.36. The molecule has 36 valence electrons. The van der Waals surface area contributed by atoms with Gasteiger partial charge in [-0.2, -0.15) is 0 Å². The summed E-state index contributed by atoms with van der Waals surface area (Å²) in [5, 5.41) is 0. The van der Waals surface area contributed by atoms with Gasteiger partial charge in [-0.25, -0.2) is 0 Å². The van der Waals surface area contributed by atoms with Crippen LogP contribution in [0.3, 0.4) is 0 Å². The molecular formula is C5H10O. The van der Waals surface area contributed by atoms with Crippen molar-refractivity contribution in [2.45, 2.75) is 32.5 Å². The van der Waals surface area contributed by atoms with E-state index in [0.717, 1.165) is 0 Å². The minimum absolute atomic E-state index is 0.208. The molecule has 0 N–H and O–H groups in total. The molecule has 6 heavy (non-hydrogen) atoms. The molecule has 1 saturated heterocycles. The van der Waals surface area contributed by atoms with Gasteiger partial charge in [-0.3, -0.25) is 0 Å². The Morgan fingerprint density at radius 3 is 1.67 bits per heavy atom. The lowest BCUT2D eigenvalue weighted by Gasteiger charge is -1.84.